The summed E-state index contributed by atoms with van der Waals surface area (Å²) in [4.78, 5) is 0.874. The van der Waals surface area contributed by atoms with Crippen LogP contribution in [-0.2, 0) is 11.2 Å². The molecule has 0 aliphatic heterocycles. The van der Waals surface area contributed by atoms with Crippen LogP contribution in [0.2, 0.25) is 10.0 Å². The molecule has 1 aliphatic rings. The molecule has 0 heterocycles. The predicted octanol–water partition coefficient (Wildman–Crippen LogP) is 5.34. The van der Waals surface area contributed by atoms with Crippen molar-refractivity contribution in [2.75, 3.05) is 13.3 Å². The average molecular weight is 405 g/mol. The summed E-state index contributed by atoms with van der Waals surface area (Å²) in [5.41, 5.74) is 3.70. The fourth-order valence-electron chi connectivity index (χ4n) is 3.37. The molecule has 130 valence electrons. The Hall–Kier alpha value is -0.420. The Morgan fingerprint density at radius 2 is 1.79 bits per heavy atom. The van der Waals surface area contributed by atoms with Gasteiger partial charge < -0.3 is 9.87 Å². The molecule has 0 saturated carbocycles. The second-order valence-electron chi connectivity index (χ2n) is 5.89. The smallest absolute Gasteiger partial charge is 0.152 e. The van der Waals surface area contributed by atoms with Crippen LogP contribution in [0.25, 0.3) is 0 Å². The van der Waals surface area contributed by atoms with Gasteiger partial charge in [-0.25, -0.2) is 0 Å². The molecule has 0 saturated heterocycles. The summed E-state index contributed by atoms with van der Waals surface area (Å²) < 4.78 is 11.8. The Bertz CT molecular complexity index is 723. The van der Waals surface area contributed by atoms with Gasteiger partial charge in [0, 0.05) is 12.0 Å². The van der Waals surface area contributed by atoms with Crippen LogP contribution in [-0.4, -0.2) is 17.9 Å². The summed E-state index contributed by atoms with van der Waals surface area (Å²) in [6.45, 7) is 0. The first-order valence-corrected chi connectivity index (χ1v) is 9.92. The Morgan fingerprint density at radius 1 is 1.04 bits per heavy atom. The number of benzene rings is 2. The highest BCUT2D eigenvalue weighted by Gasteiger charge is 2.29. The number of hydrogen-bond acceptors (Lipinski definition) is 2. The number of halogens is 3. The van der Waals surface area contributed by atoms with Crippen LogP contribution in [0.3, 0.4) is 0 Å². The molecule has 0 spiro atoms. The van der Waals surface area contributed by atoms with Crippen LogP contribution >= 0.6 is 35.6 Å². The molecule has 0 radical (unpaired) electrons. The first kappa shape index (κ1) is 19.9. The van der Waals surface area contributed by atoms with E-state index in [4.69, 9.17) is 23.2 Å². The molecule has 1 unspecified atom stereocenters. The van der Waals surface area contributed by atoms with Crippen molar-refractivity contribution in [1.29, 1.82) is 0 Å². The predicted molar refractivity (Wildman–Crippen MR) is 105 cm³/mol. The lowest BCUT2D eigenvalue weighted by molar-refractivity contribution is 0.469. The highest BCUT2D eigenvalue weighted by Crippen LogP contribution is 2.43. The van der Waals surface area contributed by atoms with E-state index in [9.17, 15) is 4.55 Å². The third-order valence-electron chi connectivity index (χ3n) is 4.58. The van der Waals surface area contributed by atoms with Crippen molar-refractivity contribution in [3.63, 3.8) is 0 Å². The van der Waals surface area contributed by atoms with E-state index in [-0.39, 0.29) is 12.4 Å². The van der Waals surface area contributed by atoms with Crippen molar-refractivity contribution in [2.24, 2.45) is 0 Å². The maximum Gasteiger partial charge on any atom is 0.152 e. The van der Waals surface area contributed by atoms with Gasteiger partial charge in [0.15, 0.2) is 4.90 Å². The summed E-state index contributed by atoms with van der Waals surface area (Å²) in [6.07, 6.45) is 3.80. The van der Waals surface area contributed by atoms with E-state index in [1.807, 2.05) is 31.3 Å². The number of rotatable bonds is 3. The maximum absolute atomic E-state index is 11.8. The standard InChI is InChI=1S/C18H19Cl2NOS.ClH/c1-21-18-8-6-13(11-3-7-16(19)17(20)9-11)14-5-4-12(23(2)22)10-15(14)18;/h3-5,7,9-10,13,18,21H,6,8H2,1-2H3;1H/t13-,18-,23?;/m0./s1. The van der Waals surface area contributed by atoms with Crippen molar-refractivity contribution in [3.05, 3.63) is 63.1 Å². The molecule has 3 rings (SSSR count). The largest absolute Gasteiger partial charge is 0.612 e. The van der Waals surface area contributed by atoms with Gasteiger partial charge in [0.25, 0.3) is 0 Å². The summed E-state index contributed by atoms with van der Waals surface area (Å²) in [5, 5.41) is 4.54. The van der Waals surface area contributed by atoms with E-state index in [0.29, 0.717) is 22.0 Å². The second kappa shape index (κ2) is 8.31. The quantitative estimate of drug-likeness (QED) is 0.701. The van der Waals surface area contributed by atoms with Gasteiger partial charge in [-0.1, -0.05) is 35.3 Å². The SMILES string of the molecule is CN[C@H]1CC[C@@H](c2ccc(Cl)c(Cl)c2)c2ccc([S+](C)[O-])cc21.Cl. The number of fused-ring (bicyclic) bond motifs is 1. The molecular weight excluding hydrogens is 385 g/mol. The van der Waals surface area contributed by atoms with Gasteiger partial charge in [-0.2, -0.15) is 0 Å². The third kappa shape index (κ3) is 3.87. The van der Waals surface area contributed by atoms with E-state index in [1.54, 1.807) is 6.26 Å². The van der Waals surface area contributed by atoms with Crippen molar-refractivity contribution in [1.82, 2.24) is 5.32 Å². The minimum absolute atomic E-state index is 0. The van der Waals surface area contributed by atoms with Crippen molar-refractivity contribution < 1.29 is 4.55 Å². The molecule has 2 aromatic carbocycles. The fraction of sp³-hybridized carbons (Fsp3) is 0.333. The Morgan fingerprint density at radius 3 is 2.42 bits per heavy atom. The topological polar surface area (TPSA) is 35.1 Å². The normalized spacial score (nSPS) is 20.9. The van der Waals surface area contributed by atoms with Crippen LogP contribution in [0.5, 0.6) is 0 Å². The molecule has 3 atom stereocenters. The van der Waals surface area contributed by atoms with Gasteiger partial charge in [-0.3, -0.25) is 0 Å². The first-order valence-electron chi connectivity index (χ1n) is 7.60. The molecule has 0 fully saturated rings. The lowest BCUT2D eigenvalue weighted by Gasteiger charge is -2.32. The number of hydrogen-bond donors (Lipinski definition) is 1. The van der Waals surface area contributed by atoms with Crippen LogP contribution in [0.15, 0.2) is 41.3 Å². The maximum atomic E-state index is 11.8. The molecule has 2 nitrogen and oxygen atoms in total. The summed E-state index contributed by atoms with van der Waals surface area (Å²) in [6, 6.07) is 12.3. The Labute approximate surface area is 162 Å². The number of nitrogens with one attached hydrogen (secondary N) is 1. The molecule has 1 aliphatic carbocycles. The van der Waals surface area contributed by atoms with Crippen molar-refractivity contribution in [2.45, 2.75) is 29.7 Å². The average Bonchev–Trinajstić information content (AvgIpc) is 2.55. The zero-order valence-electron chi connectivity index (χ0n) is 13.5. The van der Waals surface area contributed by atoms with Gasteiger partial charge in [-0.15, -0.1) is 12.4 Å². The second-order valence-corrected chi connectivity index (χ2v) is 8.08. The van der Waals surface area contributed by atoms with E-state index in [1.165, 1.54) is 16.7 Å². The van der Waals surface area contributed by atoms with E-state index >= 15 is 0 Å². The highest BCUT2D eigenvalue weighted by molar-refractivity contribution is 7.90. The third-order valence-corrected chi connectivity index (χ3v) is 6.24. The Kier molecular flexibility index (Phi) is 6.89. The molecule has 2 aromatic rings. The summed E-state index contributed by atoms with van der Waals surface area (Å²) in [5.74, 6) is 0.295. The summed E-state index contributed by atoms with van der Waals surface area (Å²) >= 11 is 11.3. The molecule has 1 N–H and O–H groups in total. The molecule has 0 amide bonds. The zero-order valence-corrected chi connectivity index (χ0v) is 16.7. The van der Waals surface area contributed by atoms with Crippen LogP contribution in [0.1, 0.15) is 41.5 Å². The lowest BCUT2D eigenvalue weighted by atomic mass is 9.77. The minimum atomic E-state index is -0.973. The van der Waals surface area contributed by atoms with Gasteiger partial charge >= 0.3 is 0 Å². The first-order chi connectivity index (χ1) is 11.0. The fourth-order valence-corrected chi connectivity index (χ4v) is 4.23. The van der Waals surface area contributed by atoms with E-state index in [2.05, 4.69) is 17.4 Å². The highest BCUT2D eigenvalue weighted by atomic mass is 35.5. The van der Waals surface area contributed by atoms with Crippen LogP contribution in [0, 0.1) is 0 Å². The van der Waals surface area contributed by atoms with Crippen molar-refractivity contribution >= 4 is 46.8 Å². The molecular formula is C18H20Cl3NOS. The van der Waals surface area contributed by atoms with Gasteiger partial charge in [0.1, 0.15) is 6.26 Å². The molecule has 0 bridgehead atoms. The van der Waals surface area contributed by atoms with E-state index in [0.717, 1.165) is 17.7 Å². The van der Waals surface area contributed by atoms with Crippen LogP contribution < -0.4 is 5.32 Å². The molecule has 0 aromatic heterocycles. The Balaban J connectivity index is 0.00000208. The molecule has 24 heavy (non-hydrogen) atoms. The van der Waals surface area contributed by atoms with Crippen LogP contribution in [0.4, 0.5) is 0 Å². The monoisotopic (exact) mass is 403 g/mol. The van der Waals surface area contributed by atoms with E-state index < -0.39 is 11.2 Å². The van der Waals surface area contributed by atoms with Gasteiger partial charge in [0.05, 0.1) is 10.0 Å². The lowest BCUT2D eigenvalue weighted by Crippen LogP contribution is -2.24. The minimum Gasteiger partial charge on any atom is -0.612 e. The van der Waals surface area contributed by atoms with Gasteiger partial charge in [-0.05, 0) is 72.0 Å². The van der Waals surface area contributed by atoms with Gasteiger partial charge in [0.2, 0.25) is 0 Å². The van der Waals surface area contributed by atoms with Crippen molar-refractivity contribution in [3.8, 4) is 0 Å². The molecule has 6 heteroatoms. The zero-order chi connectivity index (χ0) is 16.6. The summed E-state index contributed by atoms with van der Waals surface area (Å²) in [7, 11) is 1.98.